The molecule has 2 saturated heterocycles. The van der Waals surface area contributed by atoms with Crippen molar-refractivity contribution < 1.29 is 9.53 Å². The minimum absolute atomic E-state index is 0.202. The molecule has 102 valence electrons. The molecule has 3 atom stereocenters. The van der Waals surface area contributed by atoms with Gasteiger partial charge >= 0.3 is 0 Å². The summed E-state index contributed by atoms with van der Waals surface area (Å²) < 4.78 is 6.45. The first-order valence-corrected chi connectivity index (χ1v) is 8.34. The predicted octanol–water partition coefficient (Wildman–Crippen LogP) is 2.97. The van der Waals surface area contributed by atoms with Gasteiger partial charge in [0.05, 0.1) is 0 Å². The molecule has 18 heavy (non-hydrogen) atoms. The van der Waals surface area contributed by atoms with Crippen molar-refractivity contribution in [3.8, 4) is 0 Å². The summed E-state index contributed by atoms with van der Waals surface area (Å²) in [5, 5.41) is 0. The molecule has 2 aliphatic rings. The molecule has 0 aromatic rings. The lowest BCUT2D eigenvalue weighted by atomic mass is 9.91. The molecule has 0 aliphatic carbocycles. The van der Waals surface area contributed by atoms with Gasteiger partial charge in [0.1, 0.15) is 6.10 Å². The average molecular weight is 287 g/mol. The third kappa shape index (κ3) is 2.99. The molecule has 2 heterocycles. The van der Waals surface area contributed by atoms with E-state index in [2.05, 4.69) is 11.8 Å². The van der Waals surface area contributed by atoms with Crippen molar-refractivity contribution in [1.29, 1.82) is 0 Å². The second-order valence-electron chi connectivity index (χ2n) is 5.10. The molecule has 2 aliphatic heterocycles. The van der Waals surface area contributed by atoms with Gasteiger partial charge in [-0.25, -0.2) is 0 Å². The molecule has 0 aromatic heterocycles. The van der Waals surface area contributed by atoms with Crippen molar-refractivity contribution in [2.24, 2.45) is 0 Å². The van der Waals surface area contributed by atoms with Crippen molar-refractivity contribution in [3.63, 3.8) is 0 Å². The molecule has 2 rings (SSSR count). The Hall–Kier alpha value is -0.290. The standard InChI is InChI=1S/C13H21NO2S2/c1-3-4-9-7-11(16-13(17)18-2)8-10-5-6-12(15)14(9)10/h9-11H,3-8H2,1-2H3/t9-,10+,11-/m0/s1. The lowest BCUT2D eigenvalue weighted by molar-refractivity contribution is -0.134. The van der Waals surface area contributed by atoms with Gasteiger partial charge in [0.25, 0.3) is 0 Å². The van der Waals surface area contributed by atoms with Crippen LogP contribution in [-0.4, -0.2) is 39.6 Å². The van der Waals surface area contributed by atoms with Crippen LogP contribution < -0.4 is 0 Å². The van der Waals surface area contributed by atoms with Crippen LogP contribution in [0.4, 0.5) is 0 Å². The number of ether oxygens (including phenoxy) is 1. The molecule has 0 unspecified atom stereocenters. The summed E-state index contributed by atoms with van der Waals surface area (Å²) in [6.45, 7) is 2.17. The van der Waals surface area contributed by atoms with E-state index in [9.17, 15) is 4.79 Å². The van der Waals surface area contributed by atoms with Crippen LogP contribution in [-0.2, 0) is 9.53 Å². The number of carbonyl (C=O) groups is 1. The number of thiocarbonyl (C=S) groups is 1. The Morgan fingerprint density at radius 3 is 3.00 bits per heavy atom. The lowest BCUT2D eigenvalue weighted by Crippen LogP contribution is -2.50. The Morgan fingerprint density at radius 2 is 2.33 bits per heavy atom. The summed E-state index contributed by atoms with van der Waals surface area (Å²) in [6, 6.07) is 0.746. The van der Waals surface area contributed by atoms with Crippen LogP contribution in [0.15, 0.2) is 0 Å². The predicted molar refractivity (Wildman–Crippen MR) is 78.8 cm³/mol. The second kappa shape index (κ2) is 6.24. The van der Waals surface area contributed by atoms with Crippen LogP contribution in [0.1, 0.15) is 45.4 Å². The first-order valence-electron chi connectivity index (χ1n) is 6.71. The van der Waals surface area contributed by atoms with Crippen molar-refractivity contribution in [2.75, 3.05) is 6.26 Å². The van der Waals surface area contributed by atoms with Gasteiger partial charge in [-0.15, -0.1) is 0 Å². The summed E-state index contributed by atoms with van der Waals surface area (Å²) in [5.74, 6) is 0.337. The van der Waals surface area contributed by atoms with Crippen LogP contribution in [0.3, 0.4) is 0 Å². The normalized spacial score (nSPS) is 31.3. The highest BCUT2D eigenvalue weighted by Gasteiger charge is 2.42. The Labute approximate surface area is 119 Å². The Bertz CT molecular complexity index is 335. The maximum Gasteiger partial charge on any atom is 0.223 e. The van der Waals surface area contributed by atoms with Crippen LogP contribution in [0.25, 0.3) is 0 Å². The summed E-state index contributed by atoms with van der Waals surface area (Å²) in [7, 11) is 0. The fraction of sp³-hybridized carbons (Fsp3) is 0.846. The zero-order valence-corrected chi connectivity index (χ0v) is 12.7. The van der Waals surface area contributed by atoms with Gasteiger partial charge in [-0.05, 0) is 31.3 Å². The fourth-order valence-corrected chi connectivity index (χ4v) is 3.55. The number of nitrogens with zero attached hydrogens (tertiary/aromatic N) is 1. The summed E-state index contributed by atoms with van der Waals surface area (Å²) in [4.78, 5) is 14.1. The fourth-order valence-electron chi connectivity index (χ4n) is 3.18. The third-order valence-corrected chi connectivity index (χ3v) is 4.91. The first-order chi connectivity index (χ1) is 8.65. The number of fused-ring (bicyclic) bond motifs is 1. The van der Waals surface area contributed by atoms with Crippen molar-refractivity contribution >= 4 is 34.3 Å². The number of carbonyl (C=O) groups excluding carboxylic acids is 1. The van der Waals surface area contributed by atoms with E-state index in [4.69, 9.17) is 17.0 Å². The molecule has 2 fully saturated rings. The molecule has 3 nitrogen and oxygen atoms in total. The zero-order chi connectivity index (χ0) is 13.1. The lowest BCUT2D eigenvalue weighted by Gasteiger charge is -2.41. The van der Waals surface area contributed by atoms with E-state index in [-0.39, 0.29) is 6.10 Å². The average Bonchev–Trinajstić information content (AvgIpc) is 2.71. The highest BCUT2D eigenvalue weighted by atomic mass is 32.2. The number of rotatable bonds is 3. The molecule has 0 spiro atoms. The largest absolute Gasteiger partial charge is 0.475 e. The smallest absolute Gasteiger partial charge is 0.223 e. The maximum atomic E-state index is 11.9. The van der Waals surface area contributed by atoms with Gasteiger partial charge in [0.2, 0.25) is 10.3 Å². The van der Waals surface area contributed by atoms with Crippen molar-refractivity contribution in [2.45, 2.75) is 63.6 Å². The Balaban J connectivity index is 2.02. The van der Waals surface area contributed by atoms with Gasteiger partial charge < -0.3 is 9.64 Å². The Kier molecular flexibility index (Phi) is 4.90. The molecule has 0 bridgehead atoms. The van der Waals surface area contributed by atoms with Gasteiger partial charge in [-0.1, -0.05) is 25.1 Å². The van der Waals surface area contributed by atoms with E-state index in [1.807, 2.05) is 6.26 Å². The number of hydrogen-bond acceptors (Lipinski definition) is 4. The van der Waals surface area contributed by atoms with E-state index in [0.717, 1.165) is 32.1 Å². The molecule has 1 amide bonds. The van der Waals surface area contributed by atoms with E-state index in [1.165, 1.54) is 11.8 Å². The highest BCUT2D eigenvalue weighted by Crippen LogP contribution is 2.35. The van der Waals surface area contributed by atoms with E-state index in [1.54, 1.807) is 0 Å². The number of hydrogen-bond donors (Lipinski definition) is 0. The zero-order valence-electron chi connectivity index (χ0n) is 11.1. The first kappa shape index (κ1) is 14.1. The topological polar surface area (TPSA) is 29.5 Å². The SMILES string of the molecule is CCC[C@H]1C[C@H](OC(=S)SC)C[C@H]2CCC(=O)N21. The maximum absolute atomic E-state index is 11.9. The van der Waals surface area contributed by atoms with Gasteiger partial charge in [0, 0.05) is 31.3 Å². The number of piperidine rings is 1. The quantitative estimate of drug-likeness (QED) is 0.746. The van der Waals surface area contributed by atoms with E-state index < -0.39 is 0 Å². The van der Waals surface area contributed by atoms with Gasteiger partial charge in [-0.2, -0.15) is 0 Å². The van der Waals surface area contributed by atoms with Crippen molar-refractivity contribution in [3.05, 3.63) is 0 Å². The molecule has 0 saturated carbocycles. The highest BCUT2D eigenvalue weighted by molar-refractivity contribution is 8.22. The Morgan fingerprint density at radius 1 is 1.56 bits per heavy atom. The minimum atomic E-state index is 0.202. The molecule has 0 radical (unpaired) electrons. The minimum Gasteiger partial charge on any atom is -0.475 e. The third-order valence-electron chi connectivity index (χ3n) is 3.89. The number of amides is 1. The van der Waals surface area contributed by atoms with Crippen LogP contribution >= 0.6 is 24.0 Å². The summed E-state index contributed by atoms with van der Waals surface area (Å²) >= 11 is 6.63. The molecule has 5 heteroatoms. The summed E-state index contributed by atoms with van der Waals surface area (Å²) in [5.41, 5.74) is 0. The molecular formula is C13H21NO2S2. The van der Waals surface area contributed by atoms with Crippen LogP contribution in [0, 0.1) is 0 Å². The van der Waals surface area contributed by atoms with Crippen LogP contribution in [0.2, 0.25) is 0 Å². The van der Waals surface area contributed by atoms with Crippen molar-refractivity contribution in [1.82, 2.24) is 4.90 Å². The molecular weight excluding hydrogens is 266 g/mol. The van der Waals surface area contributed by atoms with E-state index in [0.29, 0.717) is 28.8 Å². The monoisotopic (exact) mass is 287 g/mol. The van der Waals surface area contributed by atoms with Gasteiger partial charge in [0.15, 0.2) is 0 Å². The summed E-state index contributed by atoms with van der Waals surface area (Å²) in [6.07, 6.45) is 7.93. The van der Waals surface area contributed by atoms with Gasteiger partial charge in [-0.3, -0.25) is 4.79 Å². The molecule has 0 N–H and O–H groups in total. The molecule has 0 aromatic carbocycles. The van der Waals surface area contributed by atoms with E-state index >= 15 is 0 Å². The second-order valence-corrected chi connectivity index (χ2v) is 6.51. The number of thioether (sulfide) groups is 1. The van der Waals surface area contributed by atoms with Crippen LogP contribution in [0.5, 0.6) is 0 Å².